The highest BCUT2D eigenvalue weighted by Gasteiger charge is 2.23. The number of carbonyl (C=O) groups is 2. The van der Waals surface area contributed by atoms with Crippen LogP contribution >= 0.6 is 0 Å². The van der Waals surface area contributed by atoms with Crippen LogP contribution in [0.4, 0.5) is 10.1 Å². The number of nitrogens with one attached hydrogen (secondary N) is 1. The van der Waals surface area contributed by atoms with E-state index in [1.54, 1.807) is 17.0 Å². The fourth-order valence-corrected chi connectivity index (χ4v) is 3.23. The fraction of sp³-hybridized carbons (Fsp3) is 0.333. The van der Waals surface area contributed by atoms with Crippen molar-refractivity contribution >= 4 is 17.5 Å². The largest absolute Gasteiger partial charge is 0.355 e. The summed E-state index contributed by atoms with van der Waals surface area (Å²) in [6.07, 6.45) is 3.67. The second-order valence-electron chi connectivity index (χ2n) is 6.54. The average molecular weight is 354 g/mol. The summed E-state index contributed by atoms with van der Waals surface area (Å²) >= 11 is 0. The Kier molecular flexibility index (Phi) is 6.00. The molecule has 0 atom stereocenters. The molecule has 26 heavy (non-hydrogen) atoms. The molecular formula is C21H23FN2O2. The van der Waals surface area contributed by atoms with Crippen LogP contribution in [0.15, 0.2) is 48.5 Å². The van der Waals surface area contributed by atoms with Crippen molar-refractivity contribution in [3.8, 4) is 0 Å². The van der Waals surface area contributed by atoms with Gasteiger partial charge >= 0.3 is 0 Å². The van der Waals surface area contributed by atoms with Gasteiger partial charge in [0, 0.05) is 18.7 Å². The van der Waals surface area contributed by atoms with E-state index in [-0.39, 0.29) is 24.2 Å². The Morgan fingerprint density at radius 1 is 1.08 bits per heavy atom. The fourth-order valence-electron chi connectivity index (χ4n) is 3.23. The zero-order chi connectivity index (χ0) is 18.4. The van der Waals surface area contributed by atoms with Crippen LogP contribution in [0.2, 0.25) is 0 Å². The molecule has 0 saturated heterocycles. The van der Waals surface area contributed by atoms with Crippen molar-refractivity contribution in [2.24, 2.45) is 0 Å². The van der Waals surface area contributed by atoms with Crippen molar-refractivity contribution in [2.45, 2.75) is 32.1 Å². The zero-order valence-electron chi connectivity index (χ0n) is 14.7. The first kappa shape index (κ1) is 18.1. The van der Waals surface area contributed by atoms with Crippen molar-refractivity contribution in [1.82, 2.24) is 5.32 Å². The third kappa shape index (κ3) is 4.69. The van der Waals surface area contributed by atoms with Gasteiger partial charge in [-0.2, -0.15) is 0 Å². The van der Waals surface area contributed by atoms with Gasteiger partial charge in [-0.25, -0.2) is 4.39 Å². The summed E-state index contributed by atoms with van der Waals surface area (Å²) in [6, 6.07) is 14.2. The number of aryl methyl sites for hydroxylation is 2. The molecule has 0 aromatic heterocycles. The standard InChI is InChI=1S/C21H23FN2O2/c22-18-12-10-16(11-13-18)5-4-14-23-20(25)15-24-19-8-2-1-6-17(19)7-3-9-21(24)26/h1-2,6,8,10-13H,3-5,7,9,14-15H2,(H,23,25). The number of benzene rings is 2. The Balaban J connectivity index is 1.51. The van der Waals surface area contributed by atoms with Crippen molar-refractivity contribution < 1.29 is 14.0 Å². The first-order valence-electron chi connectivity index (χ1n) is 9.03. The molecule has 1 aliphatic heterocycles. The highest BCUT2D eigenvalue weighted by atomic mass is 19.1. The lowest BCUT2D eigenvalue weighted by Gasteiger charge is -2.22. The first-order valence-corrected chi connectivity index (χ1v) is 9.03. The predicted molar refractivity (Wildman–Crippen MR) is 99.5 cm³/mol. The SMILES string of the molecule is O=C(CN1C(=O)CCCc2ccccc21)NCCCc1ccc(F)cc1. The van der Waals surface area contributed by atoms with Gasteiger partial charge in [0.05, 0.1) is 0 Å². The van der Waals surface area contributed by atoms with E-state index in [1.165, 1.54) is 12.1 Å². The van der Waals surface area contributed by atoms with E-state index >= 15 is 0 Å². The van der Waals surface area contributed by atoms with E-state index in [0.29, 0.717) is 13.0 Å². The van der Waals surface area contributed by atoms with Gasteiger partial charge in [-0.3, -0.25) is 9.59 Å². The quantitative estimate of drug-likeness (QED) is 0.810. The molecule has 0 radical (unpaired) electrons. The lowest BCUT2D eigenvalue weighted by Crippen LogP contribution is -2.41. The van der Waals surface area contributed by atoms with Crippen molar-refractivity contribution in [1.29, 1.82) is 0 Å². The molecule has 0 spiro atoms. The molecule has 5 heteroatoms. The maximum absolute atomic E-state index is 12.9. The number of para-hydroxylation sites is 1. The molecule has 136 valence electrons. The van der Waals surface area contributed by atoms with Crippen LogP contribution in [0.5, 0.6) is 0 Å². The molecule has 2 aromatic carbocycles. The molecule has 1 aliphatic rings. The second kappa shape index (κ2) is 8.61. The van der Waals surface area contributed by atoms with Crippen molar-refractivity contribution in [3.63, 3.8) is 0 Å². The van der Waals surface area contributed by atoms with E-state index in [0.717, 1.165) is 42.5 Å². The van der Waals surface area contributed by atoms with E-state index in [1.807, 2.05) is 24.3 Å². The molecule has 2 amide bonds. The second-order valence-corrected chi connectivity index (χ2v) is 6.54. The molecule has 2 aromatic rings. The number of carbonyl (C=O) groups excluding carboxylic acids is 2. The number of anilines is 1. The minimum absolute atomic E-state index is 0.00332. The topological polar surface area (TPSA) is 49.4 Å². The third-order valence-electron chi connectivity index (χ3n) is 4.60. The molecule has 1 heterocycles. The van der Waals surface area contributed by atoms with Crippen LogP contribution < -0.4 is 10.2 Å². The highest BCUT2D eigenvalue weighted by molar-refractivity contribution is 5.99. The Bertz CT molecular complexity index is 774. The molecule has 0 saturated carbocycles. The van der Waals surface area contributed by atoms with Crippen LogP contribution in [0, 0.1) is 5.82 Å². The maximum Gasteiger partial charge on any atom is 0.240 e. The van der Waals surface area contributed by atoms with Crippen molar-refractivity contribution in [2.75, 3.05) is 18.0 Å². The van der Waals surface area contributed by atoms with Crippen LogP contribution in [0.3, 0.4) is 0 Å². The Labute approximate surface area is 153 Å². The lowest BCUT2D eigenvalue weighted by molar-refractivity contribution is -0.123. The predicted octanol–water partition coefficient (Wildman–Crippen LogP) is 3.24. The molecular weight excluding hydrogens is 331 g/mol. The Morgan fingerprint density at radius 3 is 2.65 bits per heavy atom. The van der Waals surface area contributed by atoms with E-state index in [2.05, 4.69) is 5.32 Å². The smallest absolute Gasteiger partial charge is 0.240 e. The number of hydrogen-bond acceptors (Lipinski definition) is 2. The molecule has 3 rings (SSSR count). The van der Waals surface area contributed by atoms with Gasteiger partial charge in [-0.1, -0.05) is 30.3 Å². The number of halogens is 1. The van der Waals surface area contributed by atoms with Gasteiger partial charge in [0.15, 0.2) is 0 Å². The molecule has 0 fully saturated rings. The van der Waals surface area contributed by atoms with Crippen LogP contribution in [-0.4, -0.2) is 24.9 Å². The van der Waals surface area contributed by atoms with Crippen molar-refractivity contribution in [3.05, 3.63) is 65.5 Å². The number of nitrogens with zero attached hydrogens (tertiary/aromatic N) is 1. The minimum Gasteiger partial charge on any atom is -0.355 e. The summed E-state index contributed by atoms with van der Waals surface area (Å²) in [5.41, 5.74) is 3.00. The molecule has 1 N–H and O–H groups in total. The molecule has 0 unspecified atom stereocenters. The van der Waals surface area contributed by atoms with Gasteiger partial charge in [0.2, 0.25) is 11.8 Å². The van der Waals surface area contributed by atoms with Gasteiger partial charge in [-0.05, 0) is 55.0 Å². The van der Waals surface area contributed by atoms with E-state index in [9.17, 15) is 14.0 Å². The maximum atomic E-state index is 12.9. The van der Waals surface area contributed by atoms with Crippen LogP contribution in [-0.2, 0) is 22.4 Å². The Morgan fingerprint density at radius 2 is 1.85 bits per heavy atom. The molecule has 4 nitrogen and oxygen atoms in total. The number of rotatable bonds is 6. The van der Waals surface area contributed by atoms with Gasteiger partial charge in [-0.15, -0.1) is 0 Å². The van der Waals surface area contributed by atoms with Gasteiger partial charge < -0.3 is 10.2 Å². The number of fused-ring (bicyclic) bond motifs is 1. The minimum atomic E-state index is -0.246. The third-order valence-corrected chi connectivity index (χ3v) is 4.60. The summed E-state index contributed by atoms with van der Waals surface area (Å²) in [7, 11) is 0. The average Bonchev–Trinajstić information content (AvgIpc) is 2.80. The van der Waals surface area contributed by atoms with Crippen LogP contribution in [0.1, 0.15) is 30.4 Å². The summed E-state index contributed by atoms with van der Waals surface area (Å²) in [6.45, 7) is 0.576. The summed E-state index contributed by atoms with van der Waals surface area (Å²) in [4.78, 5) is 26.2. The molecule has 0 aliphatic carbocycles. The Hall–Kier alpha value is -2.69. The zero-order valence-corrected chi connectivity index (χ0v) is 14.7. The highest BCUT2D eigenvalue weighted by Crippen LogP contribution is 2.26. The summed E-state index contributed by atoms with van der Waals surface area (Å²) in [5.74, 6) is -0.407. The van der Waals surface area contributed by atoms with Gasteiger partial charge in [0.25, 0.3) is 0 Å². The van der Waals surface area contributed by atoms with Crippen LogP contribution in [0.25, 0.3) is 0 Å². The lowest BCUT2D eigenvalue weighted by atomic mass is 10.1. The monoisotopic (exact) mass is 354 g/mol. The summed E-state index contributed by atoms with van der Waals surface area (Å²) in [5, 5.41) is 2.88. The first-order chi connectivity index (χ1) is 12.6. The van der Waals surface area contributed by atoms with E-state index in [4.69, 9.17) is 0 Å². The van der Waals surface area contributed by atoms with E-state index < -0.39 is 0 Å². The number of amides is 2. The summed E-state index contributed by atoms with van der Waals surface area (Å²) < 4.78 is 12.9. The number of hydrogen-bond donors (Lipinski definition) is 1. The molecule has 0 bridgehead atoms. The normalized spacial score (nSPS) is 13.9. The van der Waals surface area contributed by atoms with Gasteiger partial charge in [0.1, 0.15) is 12.4 Å².